The Morgan fingerprint density at radius 1 is 1.20 bits per heavy atom. The minimum absolute atomic E-state index is 0.204. The SMILES string of the molecule is CC(C)CN(CCN(C)C)C(=O)C(F)F. The second-order valence-corrected chi connectivity index (χ2v) is 4.28. The Hall–Kier alpha value is -0.710. The summed E-state index contributed by atoms with van der Waals surface area (Å²) in [5.74, 6) is -0.861. The molecule has 0 saturated heterocycles. The second-order valence-electron chi connectivity index (χ2n) is 4.28. The number of nitrogens with zero attached hydrogens (tertiary/aromatic N) is 2. The normalized spacial score (nSPS) is 11.5. The molecule has 0 radical (unpaired) electrons. The number of halogens is 2. The first kappa shape index (κ1) is 14.3. The van der Waals surface area contributed by atoms with Crippen LogP contribution in [0.2, 0.25) is 0 Å². The minimum atomic E-state index is -2.90. The van der Waals surface area contributed by atoms with Gasteiger partial charge in [-0.1, -0.05) is 13.8 Å². The smallest absolute Gasteiger partial charge is 0.315 e. The molecule has 3 nitrogen and oxygen atoms in total. The van der Waals surface area contributed by atoms with E-state index in [1.54, 1.807) is 0 Å². The lowest BCUT2D eigenvalue weighted by atomic mass is 10.2. The van der Waals surface area contributed by atoms with Crippen LogP contribution in [0.3, 0.4) is 0 Å². The maximum atomic E-state index is 12.2. The molecule has 0 aliphatic heterocycles. The van der Waals surface area contributed by atoms with E-state index in [0.717, 1.165) is 0 Å². The third-order valence-electron chi connectivity index (χ3n) is 1.90. The average molecular weight is 222 g/mol. The van der Waals surface area contributed by atoms with Crippen molar-refractivity contribution in [2.75, 3.05) is 33.7 Å². The Labute approximate surface area is 90.0 Å². The molecule has 15 heavy (non-hydrogen) atoms. The summed E-state index contributed by atoms with van der Waals surface area (Å²) < 4.78 is 24.5. The van der Waals surface area contributed by atoms with E-state index in [2.05, 4.69) is 0 Å². The zero-order valence-electron chi connectivity index (χ0n) is 9.83. The fourth-order valence-corrected chi connectivity index (χ4v) is 1.19. The predicted octanol–water partition coefficient (Wildman–Crippen LogP) is 1.30. The van der Waals surface area contributed by atoms with E-state index in [4.69, 9.17) is 0 Å². The third kappa shape index (κ3) is 6.38. The molecule has 0 bridgehead atoms. The number of carbonyl (C=O) groups excluding carboxylic acids is 1. The van der Waals surface area contributed by atoms with Crippen LogP contribution in [0.4, 0.5) is 8.78 Å². The number of rotatable bonds is 6. The quantitative estimate of drug-likeness (QED) is 0.676. The fourth-order valence-electron chi connectivity index (χ4n) is 1.19. The van der Waals surface area contributed by atoms with Crippen LogP contribution in [-0.4, -0.2) is 55.9 Å². The number of amides is 1. The van der Waals surface area contributed by atoms with Crippen LogP contribution in [0.15, 0.2) is 0 Å². The maximum absolute atomic E-state index is 12.2. The molecule has 5 heteroatoms. The highest BCUT2D eigenvalue weighted by Gasteiger charge is 2.23. The molecule has 0 fully saturated rings. The second kappa shape index (κ2) is 6.71. The van der Waals surface area contributed by atoms with Gasteiger partial charge in [0, 0.05) is 19.6 Å². The predicted molar refractivity (Wildman–Crippen MR) is 56.0 cm³/mol. The molecule has 0 aromatic rings. The number of hydrogen-bond acceptors (Lipinski definition) is 2. The average Bonchev–Trinajstić information content (AvgIpc) is 2.10. The number of alkyl halides is 2. The molecule has 90 valence electrons. The maximum Gasteiger partial charge on any atom is 0.315 e. The molecule has 0 N–H and O–H groups in total. The molecule has 0 aromatic heterocycles. The zero-order chi connectivity index (χ0) is 12.0. The summed E-state index contributed by atoms with van der Waals surface area (Å²) in [7, 11) is 3.70. The van der Waals surface area contributed by atoms with Crippen LogP contribution in [0.1, 0.15) is 13.8 Å². The van der Waals surface area contributed by atoms with Crippen LogP contribution >= 0.6 is 0 Å². The molecular formula is C10H20F2N2O. The summed E-state index contributed by atoms with van der Waals surface area (Å²) >= 11 is 0. The molecule has 1 amide bonds. The minimum Gasteiger partial charge on any atom is -0.336 e. The lowest BCUT2D eigenvalue weighted by molar-refractivity contribution is -0.143. The van der Waals surface area contributed by atoms with Crippen molar-refractivity contribution in [3.05, 3.63) is 0 Å². The summed E-state index contributed by atoms with van der Waals surface area (Å²) in [6.07, 6.45) is -2.90. The number of carbonyl (C=O) groups is 1. The first-order valence-corrected chi connectivity index (χ1v) is 5.06. The van der Waals surface area contributed by atoms with Crippen LogP contribution in [0.5, 0.6) is 0 Å². The molecule has 0 saturated carbocycles. The van der Waals surface area contributed by atoms with Crippen LogP contribution in [-0.2, 0) is 4.79 Å². The van der Waals surface area contributed by atoms with Gasteiger partial charge in [0.25, 0.3) is 5.91 Å². The van der Waals surface area contributed by atoms with Crippen molar-refractivity contribution in [1.82, 2.24) is 9.80 Å². The highest BCUT2D eigenvalue weighted by Crippen LogP contribution is 2.05. The van der Waals surface area contributed by atoms with Crippen LogP contribution < -0.4 is 0 Å². The van der Waals surface area contributed by atoms with Crippen molar-refractivity contribution in [1.29, 1.82) is 0 Å². The molecule has 0 atom stereocenters. The van der Waals surface area contributed by atoms with Gasteiger partial charge in [-0.2, -0.15) is 8.78 Å². The van der Waals surface area contributed by atoms with E-state index >= 15 is 0 Å². The van der Waals surface area contributed by atoms with E-state index in [1.807, 2.05) is 32.8 Å². The molecular weight excluding hydrogens is 202 g/mol. The van der Waals surface area contributed by atoms with Crippen molar-refractivity contribution in [3.63, 3.8) is 0 Å². The van der Waals surface area contributed by atoms with E-state index < -0.39 is 12.3 Å². The molecule has 0 spiro atoms. The summed E-state index contributed by atoms with van der Waals surface area (Å²) in [5, 5.41) is 0. The van der Waals surface area contributed by atoms with E-state index in [-0.39, 0.29) is 5.92 Å². The van der Waals surface area contributed by atoms with Gasteiger partial charge in [0.1, 0.15) is 0 Å². The molecule has 0 aliphatic rings. The van der Waals surface area contributed by atoms with Gasteiger partial charge in [-0.05, 0) is 20.0 Å². The molecule has 0 heterocycles. The van der Waals surface area contributed by atoms with Gasteiger partial charge in [0.2, 0.25) is 0 Å². The Morgan fingerprint density at radius 2 is 1.73 bits per heavy atom. The van der Waals surface area contributed by atoms with Gasteiger partial charge in [-0.15, -0.1) is 0 Å². The van der Waals surface area contributed by atoms with E-state index in [9.17, 15) is 13.6 Å². The monoisotopic (exact) mass is 222 g/mol. The standard InChI is InChI=1S/C10H20F2N2O/c1-8(2)7-14(6-5-13(3)4)10(15)9(11)12/h8-9H,5-7H2,1-4H3. The van der Waals surface area contributed by atoms with Gasteiger partial charge in [-0.3, -0.25) is 4.79 Å². The van der Waals surface area contributed by atoms with Gasteiger partial charge >= 0.3 is 6.43 Å². The van der Waals surface area contributed by atoms with Crippen molar-refractivity contribution < 1.29 is 13.6 Å². The summed E-state index contributed by atoms with van der Waals surface area (Å²) in [5.41, 5.74) is 0. The molecule has 0 aliphatic carbocycles. The Bertz CT molecular complexity index is 196. The van der Waals surface area contributed by atoms with Crippen LogP contribution in [0.25, 0.3) is 0 Å². The Kier molecular flexibility index (Phi) is 6.40. The van der Waals surface area contributed by atoms with Gasteiger partial charge in [0.05, 0.1) is 0 Å². The first-order valence-electron chi connectivity index (χ1n) is 5.06. The first-order chi connectivity index (χ1) is 6.84. The third-order valence-corrected chi connectivity index (χ3v) is 1.90. The van der Waals surface area contributed by atoms with Crippen LogP contribution in [0, 0.1) is 5.92 Å². The topological polar surface area (TPSA) is 23.6 Å². The van der Waals surface area contributed by atoms with Gasteiger partial charge in [-0.25, -0.2) is 0 Å². The lowest BCUT2D eigenvalue weighted by Crippen LogP contribution is -2.41. The Balaban J connectivity index is 4.24. The highest BCUT2D eigenvalue weighted by molar-refractivity contribution is 5.79. The summed E-state index contributed by atoms with van der Waals surface area (Å²) in [6.45, 7) is 5.15. The Morgan fingerprint density at radius 3 is 2.07 bits per heavy atom. The van der Waals surface area contributed by atoms with E-state index in [1.165, 1.54) is 4.90 Å². The molecule has 0 unspecified atom stereocenters. The fraction of sp³-hybridized carbons (Fsp3) is 0.900. The summed E-state index contributed by atoms with van der Waals surface area (Å²) in [4.78, 5) is 14.2. The van der Waals surface area contributed by atoms with Gasteiger partial charge in [0.15, 0.2) is 0 Å². The lowest BCUT2D eigenvalue weighted by Gasteiger charge is -2.25. The highest BCUT2D eigenvalue weighted by atomic mass is 19.3. The van der Waals surface area contributed by atoms with Crippen molar-refractivity contribution >= 4 is 5.91 Å². The number of hydrogen-bond donors (Lipinski definition) is 0. The molecule has 0 rings (SSSR count). The largest absolute Gasteiger partial charge is 0.336 e. The van der Waals surface area contributed by atoms with E-state index in [0.29, 0.717) is 19.6 Å². The number of likely N-dealkylation sites (N-methyl/N-ethyl adjacent to an activating group) is 1. The van der Waals surface area contributed by atoms with Crippen molar-refractivity contribution in [2.24, 2.45) is 5.92 Å². The summed E-state index contributed by atoms with van der Waals surface area (Å²) in [6, 6.07) is 0. The zero-order valence-corrected chi connectivity index (χ0v) is 9.83. The van der Waals surface area contributed by atoms with Crippen molar-refractivity contribution in [2.45, 2.75) is 20.3 Å². The van der Waals surface area contributed by atoms with Gasteiger partial charge < -0.3 is 9.80 Å². The van der Waals surface area contributed by atoms with Crippen molar-refractivity contribution in [3.8, 4) is 0 Å². The molecule has 0 aromatic carbocycles.